The summed E-state index contributed by atoms with van der Waals surface area (Å²) >= 11 is 1.41. The molecule has 0 spiro atoms. The number of carboxylic acids is 1. The molecule has 1 unspecified atom stereocenters. The molecule has 0 bridgehead atoms. The molecule has 7 heteroatoms. The number of hydrogen-bond acceptors (Lipinski definition) is 5. The smallest absolute Gasteiger partial charge is 0.311 e. The van der Waals surface area contributed by atoms with E-state index in [1.807, 2.05) is 24.3 Å². The van der Waals surface area contributed by atoms with E-state index in [0.29, 0.717) is 36.8 Å². The van der Waals surface area contributed by atoms with Gasteiger partial charge in [-0.05, 0) is 49.2 Å². The molecule has 3 heterocycles. The zero-order valence-corrected chi connectivity index (χ0v) is 15.2. The number of hydrogen-bond donors (Lipinski definition) is 1. The van der Waals surface area contributed by atoms with E-state index in [1.54, 1.807) is 17.9 Å². The lowest BCUT2D eigenvalue weighted by Crippen LogP contribution is -2.34. The SMILES string of the molecule is CC1(C(=O)O)CCN(C(=O)c2ccc(-c3ccc4c(c3)OCCO4)s2)C1. The van der Waals surface area contributed by atoms with Crippen molar-refractivity contribution < 1.29 is 24.2 Å². The molecular formula is C19H19NO5S. The molecule has 2 aliphatic heterocycles. The van der Waals surface area contributed by atoms with E-state index in [4.69, 9.17) is 9.47 Å². The lowest BCUT2D eigenvalue weighted by atomic mass is 9.90. The molecule has 6 nitrogen and oxygen atoms in total. The summed E-state index contributed by atoms with van der Waals surface area (Å²) in [6, 6.07) is 9.46. The molecule has 136 valence electrons. The topological polar surface area (TPSA) is 76.1 Å². The summed E-state index contributed by atoms with van der Waals surface area (Å²) in [5.74, 6) is 0.490. The fourth-order valence-corrected chi connectivity index (χ4v) is 4.24. The number of aliphatic carboxylic acids is 1. The number of amides is 1. The van der Waals surface area contributed by atoms with Gasteiger partial charge in [0.2, 0.25) is 0 Å². The summed E-state index contributed by atoms with van der Waals surface area (Å²) < 4.78 is 11.1. The van der Waals surface area contributed by atoms with Gasteiger partial charge in [0.05, 0.1) is 10.3 Å². The van der Waals surface area contributed by atoms with Gasteiger partial charge < -0.3 is 19.5 Å². The first kappa shape index (κ1) is 16.9. The van der Waals surface area contributed by atoms with Crippen molar-refractivity contribution in [2.24, 2.45) is 5.41 Å². The fourth-order valence-electron chi connectivity index (χ4n) is 3.27. The number of likely N-dealkylation sites (tertiary alicyclic amines) is 1. The fraction of sp³-hybridized carbons (Fsp3) is 0.368. The number of carboxylic acid groups (broad SMARTS) is 1. The van der Waals surface area contributed by atoms with Gasteiger partial charge in [-0.15, -0.1) is 11.3 Å². The number of carbonyl (C=O) groups is 2. The van der Waals surface area contributed by atoms with E-state index < -0.39 is 11.4 Å². The maximum atomic E-state index is 12.7. The van der Waals surface area contributed by atoms with Crippen LogP contribution in [-0.4, -0.2) is 48.2 Å². The van der Waals surface area contributed by atoms with Gasteiger partial charge in [0.25, 0.3) is 5.91 Å². The van der Waals surface area contributed by atoms with Crippen LogP contribution in [-0.2, 0) is 4.79 Å². The number of nitrogens with zero attached hydrogens (tertiary/aromatic N) is 1. The summed E-state index contributed by atoms with van der Waals surface area (Å²) in [6.07, 6.45) is 0.481. The number of benzene rings is 1. The van der Waals surface area contributed by atoms with Crippen LogP contribution in [0.5, 0.6) is 11.5 Å². The first-order valence-electron chi connectivity index (χ1n) is 8.49. The maximum absolute atomic E-state index is 12.7. The molecule has 0 saturated carbocycles. The third-order valence-electron chi connectivity index (χ3n) is 4.92. The van der Waals surface area contributed by atoms with Crippen molar-refractivity contribution in [3.63, 3.8) is 0 Å². The third kappa shape index (κ3) is 2.92. The largest absolute Gasteiger partial charge is 0.486 e. The highest BCUT2D eigenvalue weighted by atomic mass is 32.1. The van der Waals surface area contributed by atoms with Gasteiger partial charge >= 0.3 is 5.97 Å². The predicted molar refractivity (Wildman–Crippen MR) is 97.0 cm³/mol. The van der Waals surface area contributed by atoms with Crippen LogP contribution in [0.3, 0.4) is 0 Å². The maximum Gasteiger partial charge on any atom is 0.311 e. The Morgan fingerprint density at radius 2 is 1.92 bits per heavy atom. The molecule has 4 rings (SSSR count). The average Bonchev–Trinajstić information content (AvgIpc) is 3.29. The number of rotatable bonds is 3. The van der Waals surface area contributed by atoms with Crippen molar-refractivity contribution in [2.75, 3.05) is 26.3 Å². The third-order valence-corrected chi connectivity index (χ3v) is 6.04. The number of carbonyl (C=O) groups excluding carboxylic acids is 1. The minimum absolute atomic E-state index is 0.108. The first-order valence-corrected chi connectivity index (χ1v) is 9.30. The van der Waals surface area contributed by atoms with Crippen molar-refractivity contribution in [3.05, 3.63) is 35.2 Å². The number of fused-ring (bicyclic) bond motifs is 1. The Bertz CT molecular complexity index is 877. The number of ether oxygens (including phenoxy) is 2. The van der Waals surface area contributed by atoms with E-state index in [0.717, 1.165) is 16.2 Å². The zero-order chi connectivity index (χ0) is 18.3. The van der Waals surface area contributed by atoms with Gasteiger partial charge in [-0.1, -0.05) is 0 Å². The molecule has 1 aromatic carbocycles. The molecule has 1 N–H and O–H groups in total. The lowest BCUT2D eigenvalue weighted by Gasteiger charge is -2.19. The minimum atomic E-state index is -0.856. The Labute approximate surface area is 155 Å². The van der Waals surface area contributed by atoms with Gasteiger partial charge in [0, 0.05) is 18.0 Å². The van der Waals surface area contributed by atoms with Crippen LogP contribution >= 0.6 is 11.3 Å². The molecule has 2 aromatic rings. The van der Waals surface area contributed by atoms with Crippen LogP contribution in [0, 0.1) is 5.41 Å². The van der Waals surface area contributed by atoms with Crippen LogP contribution in [0.2, 0.25) is 0 Å². The van der Waals surface area contributed by atoms with Crippen molar-refractivity contribution >= 4 is 23.2 Å². The summed E-state index contributed by atoms with van der Waals surface area (Å²) in [4.78, 5) is 27.3. The van der Waals surface area contributed by atoms with Crippen molar-refractivity contribution in [3.8, 4) is 21.9 Å². The van der Waals surface area contributed by atoms with Crippen molar-refractivity contribution in [1.29, 1.82) is 0 Å². The molecule has 0 aliphatic carbocycles. The van der Waals surface area contributed by atoms with Gasteiger partial charge in [0.1, 0.15) is 13.2 Å². The standard InChI is InChI=1S/C19H19NO5S/c1-19(18(22)23)6-7-20(11-19)17(21)16-5-4-15(26-16)12-2-3-13-14(10-12)25-9-8-24-13/h2-5,10H,6-9,11H2,1H3,(H,22,23). The Kier molecular flexibility index (Phi) is 4.11. The first-order chi connectivity index (χ1) is 12.5. The van der Waals surface area contributed by atoms with Gasteiger partial charge in [-0.25, -0.2) is 0 Å². The minimum Gasteiger partial charge on any atom is -0.486 e. The summed E-state index contributed by atoms with van der Waals surface area (Å²) in [7, 11) is 0. The summed E-state index contributed by atoms with van der Waals surface area (Å²) in [6.45, 7) is 3.49. The van der Waals surface area contributed by atoms with Crippen molar-refractivity contribution in [1.82, 2.24) is 4.90 Å². The normalized spacial score (nSPS) is 21.7. The van der Waals surface area contributed by atoms with Crippen molar-refractivity contribution in [2.45, 2.75) is 13.3 Å². The van der Waals surface area contributed by atoms with Crippen LogP contribution in [0.1, 0.15) is 23.0 Å². The molecule has 1 atom stereocenters. The Morgan fingerprint density at radius 3 is 2.65 bits per heavy atom. The molecule has 2 aliphatic rings. The molecule has 1 saturated heterocycles. The van der Waals surface area contributed by atoms with Crippen LogP contribution in [0.15, 0.2) is 30.3 Å². The van der Waals surface area contributed by atoms with Gasteiger partial charge in [-0.2, -0.15) is 0 Å². The Hall–Kier alpha value is -2.54. The molecular weight excluding hydrogens is 354 g/mol. The average molecular weight is 373 g/mol. The van der Waals surface area contributed by atoms with Gasteiger partial charge in [-0.3, -0.25) is 9.59 Å². The molecule has 1 amide bonds. The zero-order valence-electron chi connectivity index (χ0n) is 14.4. The van der Waals surface area contributed by atoms with E-state index in [-0.39, 0.29) is 12.5 Å². The quantitative estimate of drug-likeness (QED) is 0.895. The Morgan fingerprint density at radius 1 is 1.15 bits per heavy atom. The molecule has 1 aromatic heterocycles. The van der Waals surface area contributed by atoms with Crippen LogP contribution in [0.4, 0.5) is 0 Å². The highest BCUT2D eigenvalue weighted by molar-refractivity contribution is 7.17. The second kappa shape index (κ2) is 6.32. The molecule has 26 heavy (non-hydrogen) atoms. The van der Waals surface area contributed by atoms with E-state index in [9.17, 15) is 14.7 Å². The monoisotopic (exact) mass is 373 g/mol. The lowest BCUT2D eigenvalue weighted by molar-refractivity contribution is -0.147. The summed E-state index contributed by atoms with van der Waals surface area (Å²) in [5.41, 5.74) is 0.112. The van der Waals surface area contributed by atoms with E-state index in [1.165, 1.54) is 11.3 Å². The van der Waals surface area contributed by atoms with Crippen LogP contribution < -0.4 is 9.47 Å². The predicted octanol–water partition coefficient (Wildman–Crippen LogP) is 3.12. The molecule has 0 radical (unpaired) electrons. The molecule has 1 fully saturated rings. The second-order valence-electron chi connectivity index (χ2n) is 6.86. The van der Waals surface area contributed by atoms with E-state index >= 15 is 0 Å². The number of thiophene rings is 1. The Balaban J connectivity index is 1.53. The van der Waals surface area contributed by atoms with Crippen LogP contribution in [0.25, 0.3) is 10.4 Å². The second-order valence-corrected chi connectivity index (χ2v) is 7.95. The summed E-state index contributed by atoms with van der Waals surface area (Å²) in [5, 5.41) is 9.33. The highest BCUT2D eigenvalue weighted by Crippen LogP contribution is 2.38. The van der Waals surface area contributed by atoms with Gasteiger partial charge in [0.15, 0.2) is 11.5 Å². The highest BCUT2D eigenvalue weighted by Gasteiger charge is 2.42. The van der Waals surface area contributed by atoms with E-state index in [2.05, 4.69) is 0 Å².